The van der Waals surface area contributed by atoms with Crippen molar-refractivity contribution in [3.8, 4) is 0 Å². The predicted molar refractivity (Wildman–Crippen MR) is 125 cm³/mol. The highest BCUT2D eigenvalue weighted by atomic mass is 35.5. The van der Waals surface area contributed by atoms with E-state index in [1.807, 2.05) is 0 Å². The molecule has 0 amide bonds. The molecule has 0 unspecified atom stereocenters. The van der Waals surface area contributed by atoms with Crippen LogP contribution in [0.4, 0.5) is 5.69 Å². The van der Waals surface area contributed by atoms with Gasteiger partial charge in [0.2, 0.25) is 0 Å². The molecule has 1 aliphatic heterocycles. The van der Waals surface area contributed by atoms with Crippen LogP contribution >= 0.6 is 23.2 Å². The molecule has 2 N–H and O–H groups in total. The number of carbonyl (C=O) groups is 2. The lowest BCUT2D eigenvalue weighted by Crippen LogP contribution is -2.39. The summed E-state index contributed by atoms with van der Waals surface area (Å²) in [6, 6.07) is 13.8. The lowest BCUT2D eigenvalue weighted by Gasteiger charge is -2.37. The summed E-state index contributed by atoms with van der Waals surface area (Å²) in [6.07, 6.45) is 0. The lowest BCUT2D eigenvalue weighted by atomic mass is 9.80. The van der Waals surface area contributed by atoms with Crippen LogP contribution in [0, 0.1) is 0 Å². The second kappa shape index (κ2) is 10.1. The van der Waals surface area contributed by atoms with Gasteiger partial charge in [0.15, 0.2) is 0 Å². The summed E-state index contributed by atoms with van der Waals surface area (Å²) in [7, 11) is 0. The quantitative estimate of drug-likeness (QED) is 0.581. The number of hydrogen-bond donors (Lipinski definition) is 1. The van der Waals surface area contributed by atoms with Crippen LogP contribution in [0.25, 0.3) is 0 Å². The third-order valence-corrected chi connectivity index (χ3v) is 5.60. The molecule has 3 rings (SSSR count). The molecule has 0 aliphatic carbocycles. The lowest BCUT2D eigenvalue weighted by molar-refractivity contribution is -0.139. The van der Waals surface area contributed by atoms with Crippen LogP contribution in [-0.2, 0) is 19.1 Å². The highest BCUT2D eigenvalue weighted by Gasteiger charge is 2.41. The number of anilines is 1. The first-order valence-electron chi connectivity index (χ1n) is 10.2. The Bertz CT molecular complexity index is 1030. The van der Waals surface area contributed by atoms with E-state index < -0.39 is 17.9 Å². The van der Waals surface area contributed by atoms with Gasteiger partial charge in [-0.2, -0.15) is 0 Å². The Morgan fingerprint density at radius 3 is 1.84 bits per heavy atom. The number of nitrogens with two attached hydrogens (primary N) is 1. The largest absolute Gasteiger partial charge is 0.463 e. The van der Waals surface area contributed by atoms with Gasteiger partial charge in [0.25, 0.3) is 0 Å². The minimum atomic E-state index is -0.783. The molecule has 32 heavy (non-hydrogen) atoms. The highest BCUT2D eigenvalue weighted by Crippen LogP contribution is 2.43. The molecule has 168 valence electrons. The van der Waals surface area contributed by atoms with Gasteiger partial charge in [-0.05, 0) is 62.7 Å². The molecular weight excluding hydrogens is 451 g/mol. The summed E-state index contributed by atoms with van der Waals surface area (Å²) in [6.45, 7) is 5.53. The number of rotatable bonds is 6. The fourth-order valence-corrected chi connectivity index (χ4v) is 3.99. The number of ether oxygens (including phenoxy) is 2. The minimum Gasteiger partial charge on any atom is -0.463 e. The first-order chi connectivity index (χ1) is 15.3. The minimum absolute atomic E-state index is 0.151. The van der Waals surface area contributed by atoms with Crippen molar-refractivity contribution < 1.29 is 19.1 Å². The van der Waals surface area contributed by atoms with Gasteiger partial charge in [0, 0.05) is 21.4 Å². The summed E-state index contributed by atoms with van der Waals surface area (Å²) in [4.78, 5) is 27.9. The second-order valence-electron chi connectivity index (χ2n) is 7.04. The third-order valence-electron chi connectivity index (χ3n) is 5.10. The molecule has 0 bridgehead atoms. The van der Waals surface area contributed by atoms with Gasteiger partial charge >= 0.3 is 11.9 Å². The van der Waals surface area contributed by atoms with E-state index in [4.69, 9.17) is 38.4 Å². The maximum absolute atomic E-state index is 13.2. The van der Waals surface area contributed by atoms with Gasteiger partial charge in [-0.3, -0.25) is 0 Å². The third kappa shape index (κ3) is 4.61. The first-order valence-corrected chi connectivity index (χ1v) is 10.9. The fourth-order valence-electron chi connectivity index (χ4n) is 3.74. The SMILES string of the molecule is CCOC(=O)C1=C(C)N(c2ccc(Cl)cc2)C(N)=C(C(=O)OCC)[C@@H]1c1ccc(Cl)cc1. The van der Waals surface area contributed by atoms with E-state index in [9.17, 15) is 9.59 Å². The second-order valence-corrected chi connectivity index (χ2v) is 7.91. The Hall–Kier alpha value is -2.96. The van der Waals surface area contributed by atoms with Crippen molar-refractivity contribution in [2.75, 3.05) is 18.1 Å². The van der Waals surface area contributed by atoms with E-state index in [2.05, 4.69) is 0 Å². The molecule has 1 aliphatic rings. The number of hydrogen-bond acceptors (Lipinski definition) is 6. The van der Waals surface area contributed by atoms with Crippen LogP contribution in [0.2, 0.25) is 10.0 Å². The van der Waals surface area contributed by atoms with E-state index in [0.29, 0.717) is 32.6 Å². The number of carbonyl (C=O) groups excluding carboxylic acids is 2. The average Bonchev–Trinajstić information content (AvgIpc) is 2.75. The molecule has 0 saturated heterocycles. The normalized spacial score (nSPS) is 16.3. The van der Waals surface area contributed by atoms with Gasteiger partial charge < -0.3 is 20.1 Å². The maximum Gasteiger partial charge on any atom is 0.338 e. The topological polar surface area (TPSA) is 81.9 Å². The van der Waals surface area contributed by atoms with Crippen molar-refractivity contribution >= 4 is 40.8 Å². The van der Waals surface area contributed by atoms with Gasteiger partial charge in [0.05, 0.1) is 30.3 Å². The molecule has 6 nitrogen and oxygen atoms in total. The van der Waals surface area contributed by atoms with Crippen molar-refractivity contribution in [3.05, 3.63) is 86.8 Å². The number of esters is 2. The van der Waals surface area contributed by atoms with E-state index in [0.717, 1.165) is 0 Å². The summed E-state index contributed by atoms with van der Waals surface area (Å²) in [5, 5.41) is 1.07. The van der Waals surface area contributed by atoms with Crippen LogP contribution in [0.5, 0.6) is 0 Å². The Morgan fingerprint density at radius 2 is 1.34 bits per heavy atom. The van der Waals surface area contributed by atoms with Gasteiger partial charge in [0.1, 0.15) is 5.82 Å². The predicted octanol–water partition coefficient (Wildman–Crippen LogP) is 5.17. The summed E-state index contributed by atoms with van der Waals surface area (Å²) >= 11 is 12.1. The Kier molecular flexibility index (Phi) is 7.48. The molecule has 0 fully saturated rings. The van der Waals surface area contributed by atoms with Crippen LogP contribution in [0.1, 0.15) is 32.3 Å². The standard InChI is InChI=1S/C24H24Cl2N2O4/c1-4-31-23(29)19-14(3)28(18-12-10-17(26)11-13-18)22(27)21(24(30)32-5-2)20(19)15-6-8-16(25)9-7-15/h6-13,20H,4-5,27H2,1-3H3/t20-/m1/s1. The molecule has 2 aromatic carbocycles. The summed E-state index contributed by atoms with van der Waals surface area (Å²) in [5.41, 5.74) is 8.86. The molecule has 0 spiro atoms. The average molecular weight is 475 g/mol. The van der Waals surface area contributed by atoms with E-state index >= 15 is 0 Å². The molecule has 1 heterocycles. The zero-order valence-electron chi connectivity index (χ0n) is 18.0. The zero-order valence-corrected chi connectivity index (χ0v) is 19.5. The van der Waals surface area contributed by atoms with Crippen molar-refractivity contribution in [1.29, 1.82) is 0 Å². The monoisotopic (exact) mass is 474 g/mol. The van der Waals surface area contributed by atoms with Gasteiger partial charge in [-0.15, -0.1) is 0 Å². The molecule has 0 saturated carbocycles. The number of benzene rings is 2. The molecule has 2 aromatic rings. The van der Waals surface area contributed by atoms with E-state index in [1.54, 1.807) is 74.2 Å². The molecule has 0 radical (unpaired) electrons. The van der Waals surface area contributed by atoms with Gasteiger partial charge in [-0.1, -0.05) is 35.3 Å². The van der Waals surface area contributed by atoms with Crippen LogP contribution in [0.3, 0.4) is 0 Å². The molecular formula is C24H24Cl2N2O4. The summed E-state index contributed by atoms with van der Waals surface area (Å²) < 4.78 is 10.7. The van der Waals surface area contributed by atoms with Crippen molar-refractivity contribution in [2.45, 2.75) is 26.7 Å². The Morgan fingerprint density at radius 1 is 0.875 bits per heavy atom. The molecule has 1 atom stereocenters. The fraction of sp³-hybridized carbons (Fsp3) is 0.250. The zero-order chi connectivity index (χ0) is 23.4. The Labute approximate surface area is 197 Å². The van der Waals surface area contributed by atoms with E-state index in [1.165, 1.54) is 0 Å². The summed E-state index contributed by atoms with van der Waals surface area (Å²) in [5.74, 6) is -1.78. The van der Waals surface area contributed by atoms with Crippen LogP contribution in [0.15, 0.2) is 71.2 Å². The first kappa shape index (κ1) is 23.7. The van der Waals surface area contributed by atoms with Crippen LogP contribution < -0.4 is 10.6 Å². The number of allylic oxidation sites excluding steroid dienone is 1. The van der Waals surface area contributed by atoms with Crippen molar-refractivity contribution in [2.24, 2.45) is 5.73 Å². The molecule has 0 aromatic heterocycles. The smallest absolute Gasteiger partial charge is 0.338 e. The number of nitrogens with zero attached hydrogens (tertiary/aromatic N) is 1. The van der Waals surface area contributed by atoms with Crippen molar-refractivity contribution in [3.63, 3.8) is 0 Å². The van der Waals surface area contributed by atoms with E-state index in [-0.39, 0.29) is 24.6 Å². The maximum atomic E-state index is 13.2. The van der Waals surface area contributed by atoms with Gasteiger partial charge in [-0.25, -0.2) is 9.59 Å². The molecule has 8 heteroatoms. The van der Waals surface area contributed by atoms with Crippen LogP contribution in [-0.4, -0.2) is 25.2 Å². The Balaban J connectivity index is 2.30. The number of halogens is 2. The highest BCUT2D eigenvalue weighted by molar-refractivity contribution is 6.30. The van der Waals surface area contributed by atoms with Crippen molar-refractivity contribution in [1.82, 2.24) is 0 Å².